The Morgan fingerprint density at radius 1 is 1.43 bits per heavy atom. The van der Waals surface area contributed by atoms with Crippen LogP contribution in [0, 0.1) is 5.92 Å². The number of aromatic amines is 1. The third kappa shape index (κ3) is 3.89. The summed E-state index contributed by atoms with van der Waals surface area (Å²) in [6.07, 6.45) is 5.35. The van der Waals surface area contributed by atoms with Crippen LogP contribution in [0.15, 0.2) is 30.6 Å². The minimum Gasteiger partial charge on any atom is -0.326 e. The zero-order valence-corrected chi connectivity index (χ0v) is 13.9. The number of H-pyrrole nitrogens is 1. The van der Waals surface area contributed by atoms with E-state index in [1.807, 2.05) is 31.2 Å². The molecule has 1 saturated carbocycles. The van der Waals surface area contributed by atoms with E-state index in [1.165, 1.54) is 6.33 Å². The van der Waals surface area contributed by atoms with Crippen molar-refractivity contribution in [1.82, 2.24) is 15.2 Å². The van der Waals surface area contributed by atoms with Gasteiger partial charge in [0.2, 0.25) is 5.91 Å². The molecular weight excluding hydrogens is 314 g/mol. The second kappa shape index (κ2) is 7.10. The number of nitrogens with two attached hydrogens (primary N) is 1. The third-order valence-electron chi connectivity index (χ3n) is 4.39. The molecule has 1 fully saturated rings. The Kier molecular flexibility index (Phi) is 5.38. The molecule has 2 unspecified atom stereocenters. The number of halogens is 1. The minimum atomic E-state index is -0.426. The van der Waals surface area contributed by atoms with Gasteiger partial charge in [-0.05, 0) is 31.9 Å². The molecule has 1 aromatic heterocycles. The summed E-state index contributed by atoms with van der Waals surface area (Å²) in [7, 11) is 0. The number of aromatic nitrogens is 3. The molecule has 23 heavy (non-hydrogen) atoms. The standard InChI is InChI=1S/C16H21N5O.ClH/c1-16(17)8-3-2-7-13(16)15(22)20-12-6-4-5-11(9-12)14-18-10-19-21-14;/h4-6,9-10,13H,2-3,7-8,17H2,1H3,(H,20,22)(H,18,19,21);1H. The fourth-order valence-electron chi connectivity index (χ4n) is 3.11. The molecule has 2 aromatic rings. The zero-order chi connectivity index (χ0) is 15.6. The molecule has 0 bridgehead atoms. The molecule has 1 aliphatic rings. The lowest BCUT2D eigenvalue weighted by molar-refractivity contribution is -0.122. The molecule has 7 heteroatoms. The first-order chi connectivity index (χ1) is 10.6. The first-order valence-corrected chi connectivity index (χ1v) is 7.62. The van der Waals surface area contributed by atoms with E-state index in [1.54, 1.807) is 0 Å². The lowest BCUT2D eigenvalue weighted by atomic mass is 9.74. The highest BCUT2D eigenvalue weighted by molar-refractivity contribution is 5.94. The highest BCUT2D eigenvalue weighted by Gasteiger charge is 2.37. The molecule has 1 heterocycles. The molecule has 4 N–H and O–H groups in total. The van der Waals surface area contributed by atoms with Crippen LogP contribution in [0.5, 0.6) is 0 Å². The fourth-order valence-corrected chi connectivity index (χ4v) is 3.11. The average Bonchev–Trinajstić information content (AvgIpc) is 3.01. The highest BCUT2D eigenvalue weighted by atomic mass is 35.5. The van der Waals surface area contributed by atoms with E-state index in [4.69, 9.17) is 5.73 Å². The van der Waals surface area contributed by atoms with Crippen LogP contribution in [-0.4, -0.2) is 26.6 Å². The van der Waals surface area contributed by atoms with E-state index >= 15 is 0 Å². The molecule has 6 nitrogen and oxygen atoms in total. The van der Waals surface area contributed by atoms with Crippen LogP contribution in [0.1, 0.15) is 32.6 Å². The summed E-state index contributed by atoms with van der Waals surface area (Å²) in [6.45, 7) is 1.97. The molecule has 124 valence electrons. The van der Waals surface area contributed by atoms with Gasteiger partial charge in [-0.1, -0.05) is 25.0 Å². The number of hydrogen-bond acceptors (Lipinski definition) is 4. The van der Waals surface area contributed by atoms with Crippen molar-refractivity contribution in [1.29, 1.82) is 0 Å². The average molecular weight is 336 g/mol. The van der Waals surface area contributed by atoms with Gasteiger partial charge in [0.05, 0.1) is 5.92 Å². The highest BCUT2D eigenvalue weighted by Crippen LogP contribution is 2.32. The molecule has 3 rings (SSSR count). The number of nitrogens with zero attached hydrogens (tertiary/aromatic N) is 2. The van der Waals surface area contributed by atoms with Crippen molar-refractivity contribution in [3.05, 3.63) is 30.6 Å². The van der Waals surface area contributed by atoms with Gasteiger partial charge in [-0.2, -0.15) is 5.10 Å². The number of carbonyl (C=O) groups excluding carboxylic acids is 1. The van der Waals surface area contributed by atoms with Gasteiger partial charge in [0.25, 0.3) is 0 Å². The number of benzene rings is 1. The molecule has 1 aromatic carbocycles. The second-order valence-electron chi connectivity index (χ2n) is 6.21. The van der Waals surface area contributed by atoms with Gasteiger partial charge in [0, 0.05) is 16.8 Å². The predicted molar refractivity (Wildman–Crippen MR) is 92.2 cm³/mol. The van der Waals surface area contributed by atoms with E-state index < -0.39 is 5.54 Å². The summed E-state index contributed by atoms with van der Waals surface area (Å²) < 4.78 is 0. The van der Waals surface area contributed by atoms with Crippen LogP contribution in [-0.2, 0) is 4.79 Å². The number of amides is 1. The molecule has 1 amide bonds. The van der Waals surface area contributed by atoms with Crippen molar-refractivity contribution in [2.24, 2.45) is 11.7 Å². The Bertz CT molecular complexity index is 656. The van der Waals surface area contributed by atoms with Crippen LogP contribution < -0.4 is 11.1 Å². The normalized spacial score (nSPS) is 23.8. The number of nitrogens with one attached hydrogen (secondary N) is 2. The van der Waals surface area contributed by atoms with Gasteiger partial charge in [-0.25, -0.2) is 4.98 Å². The van der Waals surface area contributed by atoms with Crippen LogP contribution in [0.2, 0.25) is 0 Å². The Morgan fingerprint density at radius 2 is 2.26 bits per heavy atom. The van der Waals surface area contributed by atoms with Crippen molar-refractivity contribution < 1.29 is 4.79 Å². The van der Waals surface area contributed by atoms with Crippen LogP contribution in [0.4, 0.5) is 5.69 Å². The van der Waals surface area contributed by atoms with Crippen LogP contribution in [0.3, 0.4) is 0 Å². The minimum absolute atomic E-state index is 0. The van der Waals surface area contributed by atoms with Crippen molar-refractivity contribution in [3.8, 4) is 11.4 Å². The summed E-state index contributed by atoms with van der Waals surface area (Å²) in [5.41, 5.74) is 7.51. The van der Waals surface area contributed by atoms with Crippen molar-refractivity contribution >= 4 is 24.0 Å². The summed E-state index contributed by atoms with van der Waals surface area (Å²) in [5.74, 6) is 0.534. The summed E-state index contributed by atoms with van der Waals surface area (Å²) in [6, 6.07) is 7.56. The lowest BCUT2D eigenvalue weighted by Gasteiger charge is -2.37. The Balaban J connectivity index is 0.00000192. The monoisotopic (exact) mass is 335 g/mol. The van der Waals surface area contributed by atoms with Crippen LogP contribution in [0.25, 0.3) is 11.4 Å². The Morgan fingerprint density at radius 3 is 2.96 bits per heavy atom. The SMILES string of the molecule is CC1(N)CCCCC1C(=O)Nc1cccc(-c2ncn[nH]2)c1.Cl. The van der Waals surface area contributed by atoms with E-state index in [-0.39, 0.29) is 24.2 Å². The summed E-state index contributed by atoms with van der Waals surface area (Å²) in [5, 5.41) is 9.65. The number of anilines is 1. The van der Waals surface area contributed by atoms with E-state index in [9.17, 15) is 4.79 Å². The number of carbonyl (C=O) groups is 1. The van der Waals surface area contributed by atoms with Crippen molar-refractivity contribution in [2.45, 2.75) is 38.1 Å². The third-order valence-corrected chi connectivity index (χ3v) is 4.39. The predicted octanol–water partition coefficient (Wildman–Crippen LogP) is 2.74. The second-order valence-corrected chi connectivity index (χ2v) is 6.21. The zero-order valence-electron chi connectivity index (χ0n) is 13.1. The first kappa shape index (κ1) is 17.4. The van der Waals surface area contributed by atoms with E-state index in [0.29, 0.717) is 5.82 Å². The molecule has 1 aliphatic carbocycles. The van der Waals surface area contributed by atoms with Gasteiger partial charge >= 0.3 is 0 Å². The van der Waals surface area contributed by atoms with Gasteiger partial charge in [-0.15, -0.1) is 12.4 Å². The maximum absolute atomic E-state index is 12.6. The van der Waals surface area contributed by atoms with E-state index in [2.05, 4.69) is 20.5 Å². The number of rotatable bonds is 3. The maximum atomic E-state index is 12.6. The van der Waals surface area contributed by atoms with Gasteiger partial charge in [0.15, 0.2) is 5.82 Å². The lowest BCUT2D eigenvalue weighted by Crippen LogP contribution is -2.51. The van der Waals surface area contributed by atoms with Gasteiger partial charge in [-0.3, -0.25) is 9.89 Å². The summed E-state index contributed by atoms with van der Waals surface area (Å²) in [4.78, 5) is 16.7. The van der Waals surface area contributed by atoms with Crippen LogP contribution >= 0.6 is 12.4 Å². The largest absolute Gasteiger partial charge is 0.326 e. The molecule has 0 aliphatic heterocycles. The molecule has 0 spiro atoms. The van der Waals surface area contributed by atoms with Gasteiger partial charge in [0.1, 0.15) is 6.33 Å². The quantitative estimate of drug-likeness (QED) is 0.803. The number of hydrogen-bond donors (Lipinski definition) is 3. The topological polar surface area (TPSA) is 96.7 Å². The molecule has 0 saturated heterocycles. The molecule has 0 radical (unpaired) electrons. The molecular formula is C16H22ClN5O. The Hall–Kier alpha value is -1.92. The van der Waals surface area contributed by atoms with Crippen molar-refractivity contribution in [3.63, 3.8) is 0 Å². The molecule has 2 atom stereocenters. The van der Waals surface area contributed by atoms with E-state index in [0.717, 1.165) is 36.9 Å². The Labute approximate surface area is 141 Å². The van der Waals surface area contributed by atoms with Gasteiger partial charge < -0.3 is 11.1 Å². The smallest absolute Gasteiger partial charge is 0.229 e. The fraction of sp³-hybridized carbons (Fsp3) is 0.438. The summed E-state index contributed by atoms with van der Waals surface area (Å²) >= 11 is 0. The first-order valence-electron chi connectivity index (χ1n) is 7.62. The van der Waals surface area contributed by atoms with Crippen molar-refractivity contribution in [2.75, 3.05) is 5.32 Å². The maximum Gasteiger partial charge on any atom is 0.229 e.